The first-order chi connectivity index (χ1) is 29.3. The first-order valence-corrected chi connectivity index (χ1v) is 21.1. The normalized spacial score (nSPS) is 14.3. The molecule has 0 spiro atoms. The Hall–Kier alpha value is -7.16. The third kappa shape index (κ3) is 4.94. The second kappa shape index (κ2) is 12.7. The van der Waals surface area contributed by atoms with Crippen LogP contribution in [-0.4, -0.2) is 0 Å². The third-order valence-electron chi connectivity index (χ3n) is 13.7. The molecule has 286 valence electrons. The van der Waals surface area contributed by atoms with Gasteiger partial charge in [0.2, 0.25) is 0 Å². The summed E-state index contributed by atoms with van der Waals surface area (Å²) < 4.78 is 6.92. The molecule has 1 heterocycles. The van der Waals surface area contributed by atoms with Gasteiger partial charge in [0.25, 0.3) is 0 Å². The van der Waals surface area contributed by atoms with Crippen molar-refractivity contribution in [2.45, 2.75) is 38.5 Å². The highest BCUT2D eigenvalue weighted by atomic mass is 16.3. The SMILES string of the molecule is CC1(C)c2ccccc2-c2ccc(N(c3ccc4c(c3)C(C)(C)c3ccccc3-4)c3cc4c(oc5cccc(-c6cccc(-c7ccccc7)c6)c54)c4ccccc34)cc21. The molecule has 0 radical (unpaired) electrons. The number of hydrogen-bond donors (Lipinski definition) is 0. The molecule has 0 fully saturated rings. The van der Waals surface area contributed by atoms with Crippen molar-refractivity contribution in [3.05, 3.63) is 210 Å². The maximum atomic E-state index is 6.92. The fourth-order valence-electron chi connectivity index (χ4n) is 10.6. The van der Waals surface area contributed by atoms with Crippen LogP contribution in [-0.2, 0) is 10.8 Å². The molecule has 2 heteroatoms. The average molecular weight is 770 g/mol. The Balaban J connectivity index is 1.13. The maximum Gasteiger partial charge on any atom is 0.143 e. The van der Waals surface area contributed by atoms with Gasteiger partial charge < -0.3 is 9.32 Å². The summed E-state index contributed by atoms with van der Waals surface area (Å²) in [5.74, 6) is 0. The van der Waals surface area contributed by atoms with Crippen molar-refractivity contribution in [1.82, 2.24) is 0 Å². The van der Waals surface area contributed by atoms with Crippen LogP contribution < -0.4 is 4.90 Å². The fraction of sp³-hybridized carbons (Fsp3) is 0.103. The summed E-state index contributed by atoms with van der Waals surface area (Å²) in [6, 6.07) is 69.3. The van der Waals surface area contributed by atoms with Gasteiger partial charge in [0, 0.05) is 43.7 Å². The van der Waals surface area contributed by atoms with Gasteiger partial charge >= 0.3 is 0 Å². The van der Waals surface area contributed by atoms with Crippen LogP contribution in [0.15, 0.2) is 192 Å². The first-order valence-electron chi connectivity index (χ1n) is 21.1. The molecule has 0 atom stereocenters. The van der Waals surface area contributed by atoms with Crippen LogP contribution in [0.4, 0.5) is 17.1 Å². The Morgan fingerprint density at radius 1 is 0.367 bits per heavy atom. The fourth-order valence-corrected chi connectivity index (χ4v) is 10.6. The zero-order valence-corrected chi connectivity index (χ0v) is 34.3. The van der Waals surface area contributed by atoms with E-state index in [2.05, 4.69) is 221 Å². The van der Waals surface area contributed by atoms with Crippen molar-refractivity contribution in [1.29, 1.82) is 0 Å². The Labute approximate surface area is 351 Å². The zero-order chi connectivity index (χ0) is 40.3. The molecule has 2 aliphatic rings. The molecule has 12 rings (SSSR count). The van der Waals surface area contributed by atoms with Crippen molar-refractivity contribution >= 4 is 49.8 Å². The van der Waals surface area contributed by atoms with Crippen molar-refractivity contribution in [2.75, 3.05) is 4.90 Å². The van der Waals surface area contributed by atoms with E-state index < -0.39 is 0 Å². The minimum atomic E-state index is -0.148. The van der Waals surface area contributed by atoms with Gasteiger partial charge in [0.1, 0.15) is 11.2 Å². The van der Waals surface area contributed by atoms with Crippen LogP contribution >= 0.6 is 0 Å². The quantitative estimate of drug-likeness (QED) is 0.173. The number of rotatable bonds is 5. The number of anilines is 3. The highest BCUT2D eigenvalue weighted by Gasteiger charge is 2.38. The lowest BCUT2D eigenvalue weighted by molar-refractivity contribution is 0.660. The number of fused-ring (bicyclic) bond motifs is 11. The molecular formula is C58H43NO. The standard InChI is InChI=1S/C58H43NO/c1-57(2)49-25-12-10-20-42(49)44-30-28-39(33-51(44)57)59(40-29-31-45-43-21-11-13-26-50(43)58(3,4)52(45)34-40)53-35-48-55-41(38-19-14-18-37(32-38)36-16-6-5-7-17-36)24-15-27-54(55)60-56(48)47-23-9-8-22-46(47)53/h5-35H,1-4H3. The largest absolute Gasteiger partial charge is 0.455 e. The van der Waals surface area contributed by atoms with Crippen LogP contribution in [0, 0.1) is 0 Å². The van der Waals surface area contributed by atoms with Crippen LogP contribution in [0.1, 0.15) is 49.9 Å². The second-order valence-electron chi connectivity index (χ2n) is 17.7. The minimum Gasteiger partial charge on any atom is -0.455 e. The summed E-state index contributed by atoms with van der Waals surface area (Å²) in [4.78, 5) is 2.51. The van der Waals surface area contributed by atoms with Gasteiger partial charge in [0.15, 0.2) is 0 Å². The molecule has 10 aromatic rings. The summed E-state index contributed by atoms with van der Waals surface area (Å²) >= 11 is 0. The lowest BCUT2D eigenvalue weighted by atomic mass is 9.82. The molecule has 2 aliphatic carbocycles. The molecule has 0 amide bonds. The van der Waals surface area contributed by atoms with Crippen molar-refractivity contribution in [2.24, 2.45) is 0 Å². The molecule has 0 saturated heterocycles. The third-order valence-corrected chi connectivity index (χ3v) is 13.7. The van der Waals surface area contributed by atoms with E-state index in [-0.39, 0.29) is 10.8 Å². The Morgan fingerprint density at radius 2 is 0.883 bits per heavy atom. The first kappa shape index (κ1) is 34.8. The monoisotopic (exact) mass is 769 g/mol. The van der Waals surface area contributed by atoms with Gasteiger partial charge in [-0.15, -0.1) is 0 Å². The number of nitrogens with zero attached hydrogens (tertiary/aromatic N) is 1. The van der Waals surface area contributed by atoms with Crippen LogP contribution in [0.2, 0.25) is 0 Å². The Kier molecular flexibility index (Phi) is 7.36. The van der Waals surface area contributed by atoms with Crippen LogP contribution in [0.3, 0.4) is 0 Å². The van der Waals surface area contributed by atoms with Crippen molar-refractivity contribution in [3.63, 3.8) is 0 Å². The topological polar surface area (TPSA) is 16.4 Å². The van der Waals surface area contributed by atoms with Crippen molar-refractivity contribution in [3.8, 4) is 44.5 Å². The molecule has 1 aromatic heterocycles. The zero-order valence-electron chi connectivity index (χ0n) is 34.3. The predicted molar refractivity (Wildman–Crippen MR) is 252 cm³/mol. The van der Waals surface area contributed by atoms with Crippen LogP contribution in [0.25, 0.3) is 77.2 Å². The Bertz CT molecular complexity index is 3280. The predicted octanol–water partition coefficient (Wildman–Crippen LogP) is 16.2. The van der Waals surface area contributed by atoms with E-state index in [0.29, 0.717) is 0 Å². The molecule has 0 N–H and O–H groups in total. The van der Waals surface area contributed by atoms with Crippen molar-refractivity contribution < 1.29 is 4.42 Å². The maximum absolute atomic E-state index is 6.92. The highest BCUT2D eigenvalue weighted by molar-refractivity contribution is 6.22. The smallest absolute Gasteiger partial charge is 0.143 e. The van der Waals surface area contributed by atoms with E-state index in [1.165, 1.54) is 55.6 Å². The summed E-state index contributed by atoms with van der Waals surface area (Å²) in [5.41, 5.74) is 20.3. The molecule has 9 aromatic carbocycles. The molecule has 0 saturated carbocycles. The number of benzene rings is 9. The van der Waals surface area contributed by atoms with Gasteiger partial charge in [-0.25, -0.2) is 0 Å². The van der Waals surface area contributed by atoms with E-state index >= 15 is 0 Å². The number of hydrogen-bond acceptors (Lipinski definition) is 2. The van der Waals surface area contributed by atoms with Gasteiger partial charge in [-0.2, -0.15) is 0 Å². The van der Waals surface area contributed by atoms with Crippen LogP contribution in [0.5, 0.6) is 0 Å². The number of furan rings is 1. The lowest BCUT2D eigenvalue weighted by Gasteiger charge is -2.30. The highest BCUT2D eigenvalue weighted by Crippen LogP contribution is 2.54. The molecule has 2 nitrogen and oxygen atoms in total. The van der Waals surface area contributed by atoms with E-state index in [1.807, 2.05) is 0 Å². The van der Waals surface area contributed by atoms with Gasteiger partial charge in [-0.1, -0.05) is 173 Å². The second-order valence-corrected chi connectivity index (χ2v) is 17.7. The van der Waals surface area contributed by atoms with E-state index in [4.69, 9.17) is 4.42 Å². The minimum absolute atomic E-state index is 0.148. The van der Waals surface area contributed by atoms with E-state index in [0.717, 1.165) is 60.9 Å². The molecule has 60 heavy (non-hydrogen) atoms. The summed E-state index contributed by atoms with van der Waals surface area (Å²) in [5, 5.41) is 4.47. The molecular weight excluding hydrogens is 727 g/mol. The lowest BCUT2D eigenvalue weighted by Crippen LogP contribution is -2.18. The Morgan fingerprint density at radius 3 is 1.55 bits per heavy atom. The van der Waals surface area contributed by atoms with Gasteiger partial charge in [-0.05, 0) is 109 Å². The summed E-state index contributed by atoms with van der Waals surface area (Å²) in [6.45, 7) is 9.48. The molecule has 0 unspecified atom stereocenters. The summed E-state index contributed by atoms with van der Waals surface area (Å²) in [7, 11) is 0. The van der Waals surface area contributed by atoms with Gasteiger partial charge in [0.05, 0.1) is 5.69 Å². The summed E-state index contributed by atoms with van der Waals surface area (Å²) in [6.07, 6.45) is 0. The average Bonchev–Trinajstić information content (AvgIpc) is 3.87. The molecule has 0 aliphatic heterocycles. The van der Waals surface area contributed by atoms with E-state index in [1.54, 1.807) is 0 Å². The van der Waals surface area contributed by atoms with E-state index in [9.17, 15) is 0 Å². The van der Waals surface area contributed by atoms with Gasteiger partial charge in [-0.3, -0.25) is 0 Å². The molecule has 0 bridgehead atoms.